The van der Waals surface area contributed by atoms with Crippen molar-refractivity contribution in [3.05, 3.63) is 0 Å². The van der Waals surface area contributed by atoms with Gasteiger partial charge in [-0.1, -0.05) is 5.92 Å². The molecular weight excluding hydrogens is 1020 g/mol. The minimum Gasteiger partial charge on any atom is -0.106 e. The van der Waals surface area contributed by atoms with Crippen LogP contribution < -0.4 is 0 Å². The van der Waals surface area contributed by atoms with Crippen LogP contribution >= 0.6 is 0 Å². The minimum atomic E-state index is 1.68. The second-order valence-electron chi connectivity index (χ2n) is 10.5. The molecule has 344 valence electrons. The van der Waals surface area contributed by atoms with Crippen LogP contribution in [0, 0.1) is 498 Å². The fraction of sp³-hybridized carbons (Fsp3) is 0.0118. The molecule has 0 aromatic carbocycles. The summed E-state index contributed by atoms with van der Waals surface area (Å²) in [5, 5.41) is 0. The number of hydrogen-bond donors (Lipinski definition) is 0. The molecule has 0 spiro atoms. The van der Waals surface area contributed by atoms with Crippen LogP contribution in [0.5, 0.6) is 0 Å². The fourth-order valence-electron chi connectivity index (χ4n) is 2.57. The van der Waals surface area contributed by atoms with Gasteiger partial charge < -0.3 is 0 Å². The summed E-state index contributed by atoms with van der Waals surface area (Å²) in [7, 11) is 0. The highest BCUT2D eigenvalue weighted by atomic mass is 13.7. The average Bonchev–Trinajstić information content (AvgIpc) is 3.51. The summed E-state index contributed by atoms with van der Waals surface area (Å²) in [5.41, 5.74) is 0. The summed E-state index contributed by atoms with van der Waals surface area (Å²) in [6.07, 6.45) is 4.95. The van der Waals surface area contributed by atoms with Gasteiger partial charge in [0.25, 0.3) is 0 Å². The maximum atomic E-state index is 4.95. The molecule has 0 atom stereocenters. The molecule has 0 aliphatic heterocycles. The van der Waals surface area contributed by atoms with Gasteiger partial charge in [0, 0.05) is 391 Å². The normalized spacial score (nSPS) is 3.95. The minimum absolute atomic E-state index is 1.68. The first-order valence-corrected chi connectivity index (χ1v) is 21.3. The molecule has 0 aromatic rings. The van der Waals surface area contributed by atoms with Crippen molar-refractivity contribution in [1.29, 1.82) is 0 Å². The van der Waals surface area contributed by atoms with Gasteiger partial charge in [0.2, 0.25) is 0 Å². The van der Waals surface area contributed by atoms with Gasteiger partial charge in [-0.25, -0.2) is 0 Å². The largest absolute Gasteiger partial charge is 0.106 e. The molecule has 0 aromatic heterocycles. The number of rotatable bonds is 0. The summed E-state index contributed by atoms with van der Waals surface area (Å²) in [6, 6.07) is 0. The Kier molecular flexibility index (Phi) is 51.3. The van der Waals surface area contributed by atoms with E-state index in [9.17, 15) is 0 Å². The predicted octanol–water partition coefficient (Wildman–Crippen LogP) is 0.779. The van der Waals surface area contributed by atoms with E-state index in [2.05, 4.69) is 491 Å². The van der Waals surface area contributed by atoms with Gasteiger partial charge in [-0.3, -0.25) is 0 Å². The van der Waals surface area contributed by atoms with E-state index >= 15 is 0 Å². The predicted molar refractivity (Wildman–Crippen MR) is 333 cm³/mol. The van der Waals surface area contributed by atoms with Gasteiger partial charge >= 0.3 is 0 Å². The van der Waals surface area contributed by atoms with Crippen molar-refractivity contribution in [2.24, 2.45) is 0 Å². The standard InChI is InChI=1S/C85H4/c1-3-5-7-9-11-13-15-17-19-21-23-25-27-29-31-33-35-37-39-41-43-45-47-49-51-53-55-57-59-61-63-65-67-69-71-73-75-77-79-81-83-85-84-82-80-78-76-74-72-70-68-66-64-62-60-58-56-54-52-50-48-46-44-42-40-38-36-34-32-30-28-26-24-22-20-18-16-14-12-10-8-6-4-2/h1H,2H3. The summed E-state index contributed by atoms with van der Waals surface area (Å²) in [6.45, 7) is 1.68. The highest BCUT2D eigenvalue weighted by Crippen LogP contribution is 1.66. The van der Waals surface area contributed by atoms with Crippen LogP contribution in [0.1, 0.15) is 6.92 Å². The van der Waals surface area contributed by atoms with Gasteiger partial charge in [-0.2, -0.15) is 0 Å². The van der Waals surface area contributed by atoms with Crippen molar-refractivity contribution in [2.45, 2.75) is 6.92 Å². The lowest BCUT2D eigenvalue weighted by molar-refractivity contribution is 1.92. The monoisotopic (exact) mass is 1020 g/mol. The molecule has 0 saturated heterocycles. The zero-order chi connectivity index (χ0) is 60.7. The molecule has 0 nitrogen and oxygen atoms in total. The topological polar surface area (TPSA) is 0 Å². The van der Waals surface area contributed by atoms with E-state index in [1.165, 1.54) is 0 Å². The molecule has 0 heterocycles. The summed E-state index contributed by atoms with van der Waals surface area (Å²) in [5.74, 6) is 207. The summed E-state index contributed by atoms with van der Waals surface area (Å²) in [4.78, 5) is 0. The molecule has 0 fully saturated rings. The third kappa shape index (κ3) is 65.5. The van der Waals surface area contributed by atoms with Crippen molar-refractivity contribution in [2.75, 3.05) is 0 Å². The Labute approximate surface area is 501 Å². The third-order valence-corrected chi connectivity index (χ3v) is 5.20. The van der Waals surface area contributed by atoms with E-state index < -0.39 is 0 Å². The van der Waals surface area contributed by atoms with E-state index in [1.807, 2.05) is 0 Å². The van der Waals surface area contributed by atoms with Crippen LogP contribution in [0.2, 0.25) is 0 Å². The van der Waals surface area contributed by atoms with Crippen LogP contribution in [0.3, 0.4) is 0 Å². The van der Waals surface area contributed by atoms with E-state index in [0.717, 1.165) is 0 Å². The maximum absolute atomic E-state index is 4.95. The zero-order valence-corrected chi connectivity index (χ0v) is 43.1. The van der Waals surface area contributed by atoms with E-state index in [4.69, 9.17) is 6.42 Å². The van der Waals surface area contributed by atoms with Crippen molar-refractivity contribution in [1.82, 2.24) is 0 Å². The quantitative estimate of drug-likeness (QED) is 0.316. The SMILES string of the molecule is C#CC#CC#CC#CC#CC#CC#CC#CC#CC#CC#CC#CC#CC#CC#CC#CC#CC#CC#CC#CC#CC#CC#CC#CC#CC#CC#CC#CC#CC#CC#CC#CC#CC#CC#CC#CC#CC#CC#CC#CC#CC#CC. The molecule has 0 N–H and O–H groups in total. The Morgan fingerprint density at radius 3 is 0.212 bits per heavy atom. The van der Waals surface area contributed by atoms with Gasteiger partial charge in [0.15, 0.2) is 0 Å². The molecule has 0 aliphatic carbocycles. The van der Waals surface area contributed by atoms with Crippen LogP contribution in [0.15, 0.2) is 0 Å². The van der Waals surface area contributed by atoms with E-state index in [0.29, 0.717) is 0 Å². The Bertz CT molecular complexity index is 5820. The van der Waals surface area contributed by atoms with Crippen molar-refractivity contribution >= 4 is 0 Å². The van der Waals surface area contributed by atoms with Crippen LogP contribution in [-0.2, 0) is 0 Å². The van der Waals surface area contributed by atoms with Gasteiger partial charge in [0.05, 0.1) is 0 Å². The van der Waals surface area contributed by atoms with Crippen LogP contribution in [-0.4, -0.2) is 0 Å². The van der Waals surface area contributed by atoms with E-state index in [1.54, 1.807) is 6.92 Å². The molecule has 0 radical (unpaired) electrons. The number of hydrogen-bond acceptors (Lipinski definition) is 0. The zero-order valence-electron chi connectivity index (χ0n) is 43.1. The highest BCUT2D eigenvalue weighted by Gasteiger charge is 1.65. The second-order valence-corrected chi connectivity index (χ2v) is 10.5. The summed E-state index contributed by atoms with van der Waals surface area (Å²) >= 11 is 0. The molecule has 0 bridgehead atoms. The van der Waals surface area contributed by atoms with Crippen LogP contribution in [0.4, 0.5) is 0 Å². The second kappa shape index (κ2) is 65.5. The Morgan fingerprint density at radius 2 is 0.153 bits per heavy atom. The van der Waals surface area contributed by atoms with E-state index in [-0.39, 0.29) is 0 Å². The molecular formula is C85H4. The Hall–Kier alpha value is -18.5. The Morgan fingerprint density at radius 1 is 0.0941 bits per heavy atom. The van der Waals surface area contributed by atoms with Gasteiger partial charge in [-0.05, 0) is 102 Å². The average molecular weight is 1020 g/mol. The molecule has 0 rings (SSSR count). The molecule has 0 unspecified atom stereocenters. The molecule has 0 amide bonds. The van der Waals surface area contributed by atoms with Gasteiger partial charge in [-0.15, -0.1) is 6.42 Å². The highest BCUT2D eigenvalue weighted by molar-refractivity contribution is 5.54. The molecule has 85 heavy (non-hydrogen) atoms. The first kappa shape index (κ1) is 66.5. The number of terminal acetylenes is 1. The van der Waals surface area contributed by atoms with Crippen molar-refractivity contribution in [3.8, 4) is 498 Å². The molecule has 0 heteroatoms. The third-order valence-electron chi connectivity index (χ3n) is 5.20. The van der Waals surface area contributed by atoms with Crippen LogP contribution in [0.25, 0.3) is 0 Å². The van der Waals surface area contributed by atoms with Gasteiger partial charge in [0.1, 0.15) is 0 Å². The molecule has 0 aliphatic rings. The van der Waals surface area contributed by atoms with Crippen molar-refractivity contribution < 1.29 is 0 Å². The lowest BCUT2D eigenvalue weighted by atomic mass is 10.4. The first-order valence-electron chi connectivity index (χ1n) is 21.3. The lowest BCUT2D eigenvalue weighted by Crippen LogP contribution is -1.57. The maximum Gasteiger partial charge on any atom is 0 e. The summed E-state index contributed by atoms with van der Waals surface area (Å²) < 4.78 is 0. The Balaban J connectivity index is 4.62. The fourth-order valence-corrected chi connectivity index (χ4v) is 2.57. The van der Waals surface area contributed by atoms with Crippen molar-refractivity contribution in [3.63, 3.8) is 0 Å². The smallest absolute Gasteiger partial charge is 0 e. The first-order chi connectivity index (χ1) is 42.4. The lowest BCUT2D eigenvalue weighted by Gasteiger charge is -1.58. The molecule has 0 saturated carbocycles.